The van der Waals surface area contributed by atoms with Gasteiger partial charge in [0.15, 0.2) is 0 Å². The fraction of sp³-hybridized carbons (Fsp3) is 0.900. The molecule has 3 heteroatoms. The number of hydrogen-bond acceptors (Lipinski definition) is 2. The molecule has 74 valence electrons. The summed E-state index contributed by atoms with van der Waals surface area (Å²) in [5, 5.41) is 2.74. The van der Waals surface area contributed by atoms with E-state index in [-0.39, 0.29) is 5.91 Å². The predicted octanol–water partition coefficient (Wildman–Crippen LogP) is 0.464. The summed E-state index contributed by atoms with van der Waals surface area (Å²) in [4.78, 5) is 13.8. The van der Waals surface area contributed by atoms with Crippen molar-refractivity contribution in [2.45, 2.75) is 19.8 Å². The average Bonchev–Trinajstić information content (AvgIpc) is 2.78. The van der Waals surface area contributed by atoms with Gasteiger partial charge in [0, 0.05) is 31.5 Å². The minimum atomic E-state index is 0.246. The van der Waals surface area contributed by atoms with Gasteiger partial charge in [0.2, 0.25) is 5.91 Å². The average molecular weight is 182 g/mol. The van der Waals surface area contributed by atoms with Gasteiger partial charge >= 0.3 is 0 Å². The van der Waals surface area contributed by atoms with Gasteiger partial charge in [-0.15, -0.1) is 0 Å². The van der Waals surface area contributed by atoms with E-state index in [0.29, 0.717) is 11.3 Å². The largest absolute Gasteiger partial charge is 0.359 e. The number of nitrogens with one attached hydrogen (secondary N) is 1. The van der Waals surface area contributed by atoms with Crippen molar-refractivity contribution in [1.82, 2.24) is 10.2 Å². The van der Waals surface area contributed by atoms with Crippen LogP contribution in [0.15, 0.2) is 0 Å². The molecule has 0 aromatic rings. The Balaban J connectivity index is 1.78. The van der Waals surface area contributed by atoms with Gasteiger partial charge in [-0.2, -0.15) is 0 Å². The van der Waals surface area contributed by atoms with E-state index in [1.54, 1.807) is 7.05 Å². The Bertz CT molecular complexity index is 221. The zero-order valence-electron chi connectivity index (χ0n) is 8.47. The summed E-state index contributed by atoms with van der Waals surface area (Å²) in [6.45, 7) is 5.70. The summed E-state index contributed by atoms with van der Waals surface area (Å²) in [6.07, 6.45) is 2.34. The van der Waals surface area contributed by atoms with Crippen LogP contribution < -0.4 is 5.32 Å². The molecular weight excluding hydrogens is 164 g/mol. The van der Waals surface area contributed by atoms with E-state index in [2.05, 4.69) is 17.1 Å². The molecule has 1 saturated heterocycles. The third-order valence-corrected chi connectivity index (χ3v) is 3.37. The summed E-state index contributed by atoms with van der Waals surface area (Å²) in [5.74, 6) is 0.571. The maximum Gasteiger partial charge on any atom is 0.223 e. The first kappa shape index (κ1) is 9.00. The van der Waals surface area contributed by atoms with E-state index < -0.39 is 0 Å². The Hall–Kier alpha value is -0.570. The minimum absolute atomic E-state index is 0.246. The second-order valence-electron chi connectivity index (χ2n) is 4.44. The number of carbonyl (C=O) groups excluding carboxylic acids is 1. The molecule has 1 unspecified atom stereocenters. The Morgan fingerprint density at radius 3 is 2.85 bits per heavy atom. The number of carbonyl (C=O) groups is 1. The molecule has 1 N–H and O–H groups in total. The molecule has 1 atom stereocenters. The number of hydrogen-bond donors (Lipinski definition) is 1. The van der Waals surface area contributed by atoms with Crippen molar-refractivity contribution in [2.75, 3.05) is 26.7 Å². The van der Waals surface area contributed by atoms with Gasteiger partial charge in [-0.05, 0) is 19.4 Å². The highest BCUT2D eigenvalue weighted by Gasteiger charge is 2.63. The van der Waals surface area contributed by atoms with Crippen LogP contribution in [0, 0.1) is 11.3 Å². The van der Waals surface area contributed by atoms with Crippen LogP contribution in [-0.2, 0) is 4.79 Å². The summed E-state index contributed by atoms with van der Waals surface area (Å²) in [7, 11) is 1.73. The van der Waals surface area contributed by atoms with Gasteiger partial charge in [0.25, 0.3) is 0 Å². The number of likely N-dealkylation sites (tertiary alicyclic amines) is 1. The highest BCUT2D eigenvalue weighted by molar-refractivity contribution is 5.82. The predicted molar refractivity (Wildman–Crippen MR) is 51.3 cm³/mol. The van der Waals surface area contributed by atoms with Crippen LogP contribution in [0.5, 0.6) is 0 Å². The van der Waals surface area contributed by atoms with E-state index in [4.69, 9.17) is 0 Å². The van der Waals surface area contributed by atoms with Gasteiger partial charge in [-0.3, -0.25) is 4.79 Å². The van der Waals surface area contributed by atoms with Crippen LogP contribution in [0.2, 0.25) is 0 Å². The van der Waals surface area contributed by atoms with Crippen LogP contribution >= 0.6 is 0 Å². The molecule has 0 aromatic carbocycles. The third-order valence-electron chi connectivity index (χ3n) is 3.37. The summed E-state index contributed by atoms with van der Waals surface area (Å²) in [6, 6.07) is 0. The fourth-order valence-corrected chi connectivity index (χ4v) is 2.56. The Morgan fingerprint density at radius 2 is 2.31 bits per heavy atom. The van der Waals surface area contributed by atoms with Crippen molar-refractivity contribution < 1.29 is 4.79 Å². The van der Waals surface area contributed by atoms with Crippen LogP contribution in [-0.4, -0.2) is 37.5 Å². The topological polar surface area (TPSA) is 32.3 Å². The van der Waals surface area contributed by atoms with Crippen LogP contribution in [0.25, 0.3) is 0 Å². The van der Waals surface area contributed by atoms with Gasteiger partial charge in [-0.25, -0.2) is 0 Å². The monoisotopic (exact) mass is 182 g/mol. The summed E-state index contributed by atoms with van der Waals surface area (Å²) >= 11 is 0. The number of amides is 1. The van der Waals surface area contributed by atoms with Crippen molar-refractivity contribution >= 4 is 5.91 Å². The molecule has 1 amide bonds. The van der Waals surface area contributed by atoms with E-state index in [0.717, 1.165) is 19.5 Å². The molecule has 13 heavy (non-hydrogen) atoms. The standard InChI is InChI=1S/C10H18N2O/c1-3-4-12-6-10(7-12)5-8(10)9(13)11-2/h8H,3-7H2,1-2H3,(H,11,13). The van der Waals surface area contributed by atoms with Gasteiger partial charge in [0.1, 0.15) is 0 Å². The molecule has 2 rings (SSSR count). The molecule has 0 aromatic heterocycles. The quantitative estimate of drug-likeness (QED) is 0.688. The van der Waals surface area contributed by atoms with Crippen LogP contribution in [0.4, 0.5) is 0 Å². The molecule has 3 nitrogen and oxygen atoms in total. The smallest absolute Gasteiger partial charge is 0.223 e. The molecule has 1 spiro atoms. The first-order chi connectivity index (χ1) is 6.22. The highest BCUT2D eigenvalue weighted by Crippen LogP contribution is 2.58. The zero-order chi connectivity index (χ0) is 9.47. The molecule has 1 aliphatic carbocycles. The molecule has 1 heterocycles. The zero-order valence-corrected chi connectivity index (χ0v) is 8.47. The van der Waals surface area contributed by atoms with E-state index in [1.807, 2.05) is 0 Å². The fourth-order valence-electron chi connectivity index (χ4n) is 2.56. The number of rotatable bonds is 3. The molecule has 1 aliphatic heterocycles. The lowest BCUT2D eigenvalue weighted by molar-refractivity contribution is -0.123. The molecule has 2 fully saturated rings. The van der Waals surface area contributed by atoms with Crippen molar-refractivity contribution in [3.8, 4) is 0 Å². The van der Waals surface area contributed by atoms with Crippen molar-refractivity contribution in [2.24, 2.45) is 11.3 Å². The van der Waals surface area contributed by atoms with Crippen molar-refractivity contribution in [3.63, 3.8) is 0 Å². The van der Waals surface area contributed by atoms with Gasteiger partial charge < -0.3 is 10.2 Å². The normalized spacial score (nSPS) is 29.8. The lowest BCUT2D eigenvalue weighted by Crippen LogP contribution is -2.50. The highest BCUT2D eigenvalue weighted by atomic mass is 16.2. The first-order valence-electron chi connectivity index (χ1n) is 5.16. The lowest BCUT2D eigenvalue weighted by Gasteiger charge is -2.40. The summed E-state index contributed by atoms with van der Waals surface area (Å²) in [5.41, 5.74) is 0.398. The Kier molecular flexibility index (Phi) is 2.06. The second-order valence-corrected chi connectivity index (χ2v) is 4.44. The van der Waals surface area contributed by atoms with Crippen molar-refractivity contribution in [1.29, 1.82) is 0 Å². The Labute approximate surface area is 79.5 Å². The lowest BCUT2D eigenvalue weighted by atomic mass is 9.93. The van der Waals surface area contributed by atoms with Gasteiger partial charge in [-0.1, -0.05) is 6.92 Å². The van der Waals surface area contributed by atoms with Gasteiger partial charge in [0.05, 0.1) is 0 Å². The molecular formula is C10H18N2O. The number of nitrogens with zero attached hydrogens (tertiary/aromatic N) is 1. The SMILES string of the molecule is CCCN1CC2(CC2C(=O)NC)C1. The molecule has 2 aliphatic rings. The van der Waals surface area contributed by atoms with E-state index in [9.17, 15) is 4.79 Å². The molecule has 0 radical (unpaired) electrons. The van der Waals surface area contributed by atoms with Crippen molar-refractivity contribution in [3.05, 3.63) is 0 Å². The minimum Gasteiger partial charge on any atom is -0.359 e. The van der Waals surface area contributed by atoms with E-state index >= 15 is 0 Å². The third kappa shape index (κ3) is 1.35. The molecule has 1 saturated carbocycles. The molecule has 0 bridgehead atoms. The maximum atomic E-state index is 11.3. The summed E-state index contributed by atoms with van der Waals surface area (Å²) < 4.78 is 0. The first-order valence-corrected chi connectivity index (χ1v) is 5.16. The van der Waals surface area contributed by atoms with E-state index in [1.165, 1.54) is 13.0 Å². The maximum absolute atomic E-state index is 11.3. The Morgan fingerprint density at radius 1 is 1.62 bits per heavy atom. The second kappa shape index (κ2) is 2.98. The van der Waals surface area contributed by atoms with Crippen LogP contribution in [0.1, 0.15) is 19.8 Å². The van der Waals surface area contributed by atoms with Crippen LogP contribution in [0.3, 0.4) is 0 Å².